The summed E-state index contributed by atoms with van der Waals surface area (Å²) in [5.41, 5.74) is 2.34. The van der Waals surface area contributed by atoms with E-state index in [1.54, 1.807) is 25.3 Å². The van der Waals surface area contributed by atoms with Crippen LogP contribution in [-0.4, -0.2) is 12.1 Å². The molecule has 1 aromatic carbocycles. The third kappa shape index (κ3) is 3.23. The molecule has 1 heterocycles. The number of benzene rings is 1. The van der Waals surface area contributed by atoms with Crippen LogP contribution >= 0.6 is 0 Å². The average molecular weight is 254 g/mol. The Morgan fingerprint density at radius 3 is 2.74 bits per heavy atom. The van der Waals surface area contributed by atoms with Gasteiger partial charge in [-0.05, 0) is 31.2 Å². The average Bonchev–Trinajstić information content (AvgIpc) is 2.45. The third-order valence-corrected chi connectivity index (χ3v) is 2.61. The first-order valence-corrected chi connectivity index (χ1v) is 5.86. The van der Waals surface area contributed by atoms with Gasteiger partial charge in [0, 0.05) is 11.8 Å². The Morgan fingerprint density at radius 1 is 1.21 bits per heavy atom. The van der Waals surface area contributed by atoms with E-state index < -0.39 is 0 Å². The molecule has 0 aliphatic carbocycles. The lowest BCUT2D eigenvalue weighted by Crippen LogP contribution is -2.00. The molecule has 4 heteroatoms. The highest BCUT2D eigenvalue weighted by Crippen LogP contribution is 2.28. The van der Waals surface area contributed by atoms with Crippen molar-refractivity contribution in [2.24, 2.45) is 0 Å². The Labute approximate surface area is 112 Å². The summed E-state index contributed by atoms with van der Waals surface area (Å²) in [7, 11) is 1.55. The van der Waals surface area contributed by atoms with Crippen molar-refractivity contribution in [2.45, 2.75) is 13.5 Å². The lowest BCUT2D eigenvalue weighted by atomic mass is 10.2. The van der Waals surface area contributed by atoms with Crippen LogP contribution in [0.1, 0.15) is 17.0 Å². The number of rotatable bonds is 4. The molecule has 0 aliphatic heterocycles. The summed E-state index contributed by atoms with van der Waals surface area (Å²) < 4.78 is 10.9. The molecule has 0 radical (unpaired) electrons. The largest absolute Gasteiger partial charge is 0.493 e. The maximum Gasteiger partial charge on any atom is 0.162 e. The molecule has 19 heavy (non-hydrogen) atoms. The van der Waals surface area contributed by atoms with Gasteiger partial charge in [-0.15, -0.1) is 0 Å². The van der Waals surface area contributed by atoms with Crippen molar-refractivity contribution in [3.63, 3.8) is 0 Å². The second kappa shape index (κ2) is 5.87. The van der Waals surface area contributed by atoms with Gasteiger partial charge in [-0.3, -0.25) is 4.98 Å². The summed E-state index contributed by atoms with van der Waals surface area (Å²) in [4.78, 5) is 4.36. The van der Waals surface area contributed by atoms with E-state index in [1.807, 2.05) is 25.1 Å². The van der Waals surface area contributed by atoms with Crippen molar-refractivity contribution >= 4 is 0 Å². The molecule has 0 fully saturated rings. The van der Waals surface area contributed by atoms with E-state index in [-0.39, 0.29) is 0 Å². The Morgan fingerprint density at radius 2 is 2.05 bits per heavy atom. The fourth-order valence-corrected chi connectivity index (χ4v) is 1.69. The topological polar surface area (TPSA) is 55.1 Å². The maximum atomic E-state index is 8.83. The van der Waals surface area contributed by atoms with Gasteiger partial charge in [0.15, 0.2) is 11.5 Å². The number of nitrogens with zero attached hydrogens (tertiary/aromatic N) is 2. The van der Waals surface area contributed by atoms with Gasteiger partial charge < -0.3 is 9.47 Å². The van der Waals surface area contributed by atoms with Gasteiger partial charge in [-0.2, -0.15) is 5.26 Å². The Balaban J connectivity index is 2.13. The molecule has 1 aromatic heterocycles. The second-order valence-electron chi connectivity index (χ2n) is 4.04. The van der Waals surface area contributed by atoms with E-state index in [1.165, 1.54) is 0 Å². The molecule has 2 aromatic rings. The molecule has 0 amide bonds. The minimum atomic E-state index is 0.365. The predicted octanol–water partition coefficient (Wildman–Crippen LogP) is 2.85. The monoisotopic (exact) mass is 254 g/mol. The number of ether oxygens (including phenoxy) is 2. The summed E-state index contributed by atoms with van der Waals surface area (Å²) in [5.74, 6) is 1.15. The normalized spacial score (nSPS) is 9.74. The maximum absolute atomic E-state index is 8.83. The van der Waals surface area contributed by atoms with Gasteiger partial charge in [0.1, 0.15) is 6.61 Å². The van der Waals surface area contributed by atoms with Crippen LogP contribution in [0.15, 0.2) is 36.4 Å². The van der Waals surface area contributed by atoms with Crippen molar-refractivity contribution in [3.8, 4) is 17.6 Å². The molecular weight excluding hydrogens is 240 g/mol. The number of aromatic nitrogens is 1. The molecule has 0 unspecified atom stereocenters. The molecule has 0 atom stereocenters. The van der Waals surface area contributed by atoms with Gasteiger partial charge in [0.25, 0.3) is 0 Å². The van der Waals surface area contributed by atoms with E-state index in [4.69, 9.17) is 14.7 Å². The number of hydrogen-bond acceptors (Lipinski definition) is 4. The molecule has 96 valence electrons. The highest BCUT2D eigenvalue weighted by atomic mass is 16.5. The van der Waals surface area contributed by atoms with Crippen LogP contribution in [0.2, 0.25) is 0 Å². The van der Waals surface area contributed by atoms with Crippen LogP contribution in [0.4, 0.5) is 0 Å². The molecule has 2 rings (SSSR count). The van der Waals surface area contributed by atoms with Crippen molar-refractivity contribution in [3.05, 3.63) is 53.3 Å². The zero-order valence-corrected chi connectivity index (χ0v) is 10.9. The van der Waals surface area contributed by atoms with Crippen molar-refractivity contribution in [1.29, 1.82) is 5.26 Å². The van der Waals surface area contributed by atoms with Crippen LogP contribution in [0.25, 0.3) is 0 Å². The number of methoxy groups -OCH3 is 1. The zero-order chi connectivity index (χ0) is 13.7. The highest BCUT2D eigenvalue weighted by Gasteiger charge is 2.06. The molecule has 0 spiro atoms. The molecule has 0 aliphatic rings. The van der Waals surface area contributed by atoms with Gasteiger partial charge in [-0.1, -0.05) is 6.07 Å². The fourth-order valence-electron chi connectivity index (χ4n) is 1.69. The van der Waals surface area contributed by atoms with Crippen LogP contribution in [0.5, 0.6) is 11.5 Å². The molecule has 0 N–H and O–H groups in total. The minimum Gasteiger partial charge on any atom is -0.493 e. The highest BCUT2D eigenvalue weighted by molar-refractivity contribution is 5.46. The summed E-state index contributed by atoms with van der Waals surface area (Å²) >= 11 is 0. The molecular formula is C15H14N2O2. The van der Waals surface area contributed by atoms with E-state index >= 15 is 0 Å². The van der Waals surface area contributed by atoms with Gasteiger partial charge in [-0.25, -0.2) is 0 Å². The summed E-state index contributed by atoms with van der Waals surface area (Å²) in [6.45, 7) is 2.30. The van der Waals surface area contributed by atoms with Gasteiger partial charge >= 0.3 is 0 Å². The van der Waals surface area contributed by atoms with E-state index in [9.17, 15) is 0 Å². The second-order valence-corrected chi connectivity index (χ2v) is 4.04. The first-order chi connectivity index (χ1) is 9.22. The quantitative estimate of drug-likeness (QED) is 0.841. The third-order valence-electron chi connectivity index (χ3n) is 2.61. The lowest BCUT2D eigenvalue weighted by molar-refractivity contribution is 0.280. The van der Waals surface area contributed by atoms with E-state index in [0.29, 0.717) is 23.7 Å². The van der Waals surface area contributed by atoms with Gasteiger partial charge in [0.05, 0.1) is 24.4 Å². The smallest absolute Gasteiger partial charge is 0.162 e. The number of aryl methyl sites for hydroxylation is 1. The number of nitriles is 1. The summed E-state index contributed by atoms with van der Waals surface area (Å²) in [5, 5.41) is 8.83. The van der Waals surface area contributed by atoms with Crippen LogP contribution in [0.3, 0.4) is 0 Å². The van der Waals surface area contributed by atoms with Crippen molar-refractivity contribution < 1.29 is 9.47 Å². The van der Waals surface area contributed by atoms with Crippen LogP contribution in [0, 0.1) is 18.3 Å². The SMILES string of the molecule is COc1cc(C#N)ccc1OCc1cccc(C)n1. The Hall–Kier alpha value is -2.54. The van der Waals surface area contributed by atoms with Crippen LogP contribution < -0.4 is 9.47 Å². The van der Waals surface area contributed by atoms with E-state index in [2.05, 4.69) is 11.1 Å². The summed E-state index contributed by atoms with van der Waals surface area (Å²) in [6, 6.07) is 12.9. The molecule has 0 saturated heterocycles. The number of pyridine rings is 1. The fraction of sp³-hybridized carbons (Fsp3) is 0.200. The van der Waals surface area contributed by atoms with Gasteiger partial charge in [0.2, 0.25) is 0 Å². The van der Waals surface area contributed by atoms with Crippen molar-refractivity contribution in [2.75, 3.05) is 7.11 Å². The number of hydrogen-bond donors (Lipinski definition) is 0. The van der Waals surface area contributed by atoms with Crippen molar-refractivity contribution in [1.82, 2.24) is 4.98 Å². The van der Waals surface area contributed by atoms with E-state index in [0.717, 1.165) is 11.4 Å². The zero-order valence-electron chi connectivity index (χ0n) is 10.9. The lowest BCUT2D eigenvalue weighted by Gasteiger charge is -2.10. The molecule has 0 bridgehead atoms. The first kappa shape index (κ1) is 12.9. The minimum absolute atomic E-state index is 0.365. The first-order valence-electron chi connectivity index (χ1n) is 5.86. The predicted molar refractivity (Wildman–Crippen MR) is 71.0 cm³/mol. The summed E-state index contributed by atoms with van der Waals surface area (Å²) in [6.07, 6.45) is 0. The molecule has 4 nitrogen and oxygen atoms in total. The standard InChI is InChI=1S/C15H14N2O2/c1-11-4-3-5-13(17-11)10-19-14-7-6-12(9-16)8-15(14)18-2/h3-8H,10H2,1-2H3. The molecule has 0 saturated carbocycles. The Kier molecular flexibility index (Phi) is 3.99. The van der Waals surface area contributed by atoms with Crippen LogP contribution in [-0.2, 0) is 6.61 Å². The Bertz CT molecular complexity index is 618.